The van der Waals surface area contributed by atoms with Gasteiger partial charge in [-0.2, -0.15) is 10.1 Å². The van der Waals surface area contributed by atoms with Crippen molar-refractivity contribution in [3.8, 4) is 0 Å². The first kappa shape index (κ1) is 23.5. The molecule has 12 heteroatoms. The van der Waals surface area contributed by atoms with E-state index in [0.717, 1.165) is 17.7 Å². The van der Waals surface area contributed by atoms with Crippen molar-refractivity contribution >= 4 is 23.4 Å². The Kier molecular flexibility index (Phi) is 6.42. The van der Waals surface area contributed by atoms with Gasteiger partial charge >= 0.3 is 0 Å². The highest BCUT2D eigenvalue weighted by atomic mass is 19.2. The van der Waals surface area contributed by atoms with Crippen LogP contribution in [0.3, 0.4) is 0 Å². The molecule has 34 heavy (non-hydrogen) atoms. The number of ether oxygens (including phenoxy) is 1. The molecule has 1 aliphatic rings. The summed E-state index contributed by atoms with van der Waals surface area (Å²) in [7, 11) is 5.01. The third-order valence-corrected chi connectivity index (χ3v) is 5.79. The Labute approximate surface area is 194 Å². The molecule has 0 fully saturated rings. The van der Waals surface area contributed by atoms with Gasteiger partial charge in [-0.25, -0.2) is 18.2 Å². The molecular formula is C22H24F3N7O2. The Bertz CT molecular complexity index is 1200. The number of halogens is 3. The van der Waals surface area contributed by atoms with Gasteiger partial charge in [0.1, 0.15) is 11.7 Å². The first-order chi connectivity index (χ1) is 16.2. The number of nitrogens with one attached hydrogen (secondary N) is 1. The summed E-state index contributed by atoms with van der Waals surface area (Å²) in [6, 6.07) is 1.36. The number of carbonyl (C=O) groups excluding carboxylic acids is 1. The number of carbonyl (C=O) groups is 1. The van der Waals surface area contributed by atoms with Crippen LogP contribution in [0.25, 0.3) is 0 Å². The van der Waals surface area contributed by atoms with E-state index in [1.165, 1.54) is 9.58 Å². The Hall–Kier alpha value is -3.67. The highest BCUT2D eigenvalue weighted by molar-refractivity contribution is 6.04. The van der Waals surface area contributed by atoms with E-state index in [1.807, 2.05) is 6.92 Å². The zero-order valence-corrected chi connectivity index (χ0v) is 19.1. The van der Waals surface area contributed by atoms with Crippen molar-refractivity contribution in [1.29, 1.82) is 0 Å². The molecule has 2 aromatic heterocycles. The lowest BCUT2D eigenvalue weighted by Crippen LogP contribution is -2.56. The molecule has 0 spiro atoms. The van der Waals surface area contributed by atoms with Crippen LogP contribution in [0.5, 0.6) is 0 Å². The van der Waals surface area contributed by atoms with Crippen molar-refractivity contribution in [3.63, 3.8) is 0 Å². The van der Waals surface area contributed by atoms with Crippen molar-refractivity contribution in [2.45, 2.75) is 32.2 Å². The highest BCUT2D eigenvalue weighted by Crippen LogP contribution is 2.34. The molecular weight excluding hydrogens is 451 g/mol. The van der Waals surface area contributed by atoms with E-state index in [-0.39, 0.29) is 24.1 Å². The molecule has 0 unspecified atom stereocenters. The SMILES string of the molecule is CO[C@H](C)[C@H]1C(=O)N(C)c2cnc(NCc3cnn(Cc4cc(F)c(F)c(F)c4)c3)nc2N1C. The average molecular weight is 475 g/mol. The number of benzene rings is 1. The number of hydrogen-bond acceptors (Lipinski definition) is 7. The molecule has 0 bridgehead atoms. The maximum atomic E-state index is 13.4. The van der Waals surface area contributed by atoms with Gasteiger partial charge in [-0.05, 0) is 24.6 Å². The predicted molar refractivity (Wildman–Crippen MR) is 119 cm³/mol. The lowest BCUT2D eigenvalue weighted by atomic mass is 10.1. The van der Waals surface area contributed by atoms with Gasteiger partial charge in [0.25, 0.3) is 5.91 Å². The largest absolute Gasteiger partial charge is 0.379 e. The number of anilines is 3. The number of likely N-dealkylation sites (N-methyl/N-ethyl adjacent to an activating group) is 2. The van der Waals surface area contributed by atoms with E-state index in [4.69, 9.17) is 4.74 Å². The van der Waals surface area contributed by atoms with E-state index in [2.05, 4.69) is 20.4 Å². The minimum atomic E-state index is -1.50. The molecule has 3 aromatic rings. The molecule has 2 atom stereocenters. The second-order valence-electron chi connectivity index (χ2n) is 8.07. The maximum Gasteiger partial charge on any atom is 0.252 e. The average Bonchev–Trinajstić information content (AvgIpc) is 3.26. The van der Waals surface area contributed by atoms with Gasteiger partial charge in [0.15, 0.2) is 23.3 Å². The highest BCUT2D eigenvalue weighted by Gasteiger charge is 2.39. The number of rotatable bonds is 7. The second-order valence-corrected chi connectivity index (χ2v) is 8.07. The van der Waals surface area contributed by atoms with Crippen LogP contribution in [-0.4, -0.2) is 59.0 Å². The molecule has 4 rings (SSSR count). The first-order valence-electron chi connectivity index (χ1n) is 10.5. The first-order valence-corrected chi connectivity index (χ1v) is 10.5. The van der Waals surface area contributed by atoms with Crippen LogP contribution >= 0.6 is 0 Å². The zero-order chi connectivity index (χ0) is 24.6. The summed E-state index contributed by atoms with van der Waals surface area (Å²) in [6.07, 6.45) is 4.53. The van der Waals surface area contributed by atoms with Crippen molar-refractivity contribution in [1.82, 2.24) is 19.7 Å². The number of hydrogen-bond donors (Lipinski definition) is 1. The van der Waals surface area contributed by atoms with E-state index in [1.54, 1.807) is 44.7 Å². The lowest BCUT2D eigenvalue weighted by Gasteiger charge is -2.40. The third-order valence-electron chi connectivity index (χ3n) is 5.79. The number of amides is 1. The van der Waals surface area contributed by atoms with Gasteiger partial charge in [0.05, 0.1) is 25.0 Å². The van der Waals surface area contributed by atoms with E-state index >= 15 is 0 Å². The van der Waals surface area contributed by atoms with E-state index < -0.39 is 23.5 Å². The Morgan fingerprint density at radius 1 is 1.15 bits per heavy atom. The lowest BCUT2D eigenvalue weighted by molar-refractivity contribution is -0.122. The van der Waals surface area contributed by atoms with Crippen LogP contribution in [-0.2, 0) is 22.6 Å². The maximum absolute atomic E-state index is 13.4. The fourth-order valence-corrected chi connectivity index (χ4v) is 3.86. The molecule has 0 saturated carbocycles. The normalized spacial score (nSPS) is 16.6. The molecule has 1 aliphatic heterocycles. The molecule has 1 N–H and O–H groups in total. The summed E-state index contributed by atoms with van der Waals surface area (Å²) < 4.78 is 46.9. The molecule has 1 aromatic carbocycles. The summed E-state index contributed by atoms with van der Waals surface area (Å²) in [5.41, 5.74) is 1.61. The van der Waals surface area contributed by atoms with Crippen LogP contribution in [0, 0.1) is 17.5 Å². The van der Waals surface area contributed by atoms with Gasteiger partial charge in [0.2, 0.25) is 5.95 Å². The smallest absolute Gasteiger partial charge is 0.252 e. The van der Waals surface area contributed by atoms with Crippen molar-refractivity contribution < 1.29 is 22.7 Å². The van der Waals surface area contributed by atoms with E-state index in [9.17, 15) is 18.0 Å². The molecule has 180 valence electrons. The summed E-state index contributed by atoms with van der Waals surface area (Å²) in [4.78, 5) is 24.9. The van der Waals surface area contributed by atoms with E-state index in [0.29, 0.717) is 24.0 Å². The standard InChI is InChI=1S/C22H24F3N7O2/c1-12(34-4)19-21(33)30(2)17-9-27-22(29-20(17)31(19)3)26-7-14-8-28-32(11-14)10-13-5-15(23)18(25)16(24)6-13/h5-6,8-9,11-12,19H,7,10H2,1-4H3,(H,26,27,29)/t12-,19+/m1/s1. The number of aromatic nitrogens is 4. The monoisotopic (exact) mass is 475 g/mol. The van der Waals surface area contributed by atoms with Gasteiger partial charge in [-0.3, -0.25) is 9.48 Å². The summed E-state index contributed by atoms with van der Waals surface area (Å²) in [5, 5.41) is 7.29. The van der Waals surface area contributed by atoms with Crippen LogP contribution in [0.15, 0.2) is 30.7 Å². The Balaban J connectivity index is 1.46. The number of methoxy groups -OCH3 is 1. The Morgan fingerprint density at radius 3 is 2.53 bits per heavy atom. The van der Waals surface area contributed by atoms with Gasteiger partial charge < -0.3 is 19.9 Å². The third kappa shape index (κ3) is 4.40. The van der Waals surface area contributed by atoms with Crippen molar-refractivity contribution in [2.24, 2.45) is 0 Å². The van der Waals surface area contributed by atoms with Gasteiger partial charge in [-0.1, -0.05) is 0 Å². The molecule has 9 nitrogen and oxygen atoms in total. The number of nitrogens with zero attached hydrogens (tertiary/aromatic N) is 6. The van der Waals surface area contributed by atoms with Crippen LogP contribution in [0.2, 0.25) is 0 Å². The fraction of sp³-hybridized carbons (Fsp3) is 0.364. The predicted octanol–water partition coefficient (Wildman–Crippen LogP) is 2.57. The van der Waals surface area contributed by atoms with Crippen LogP contribution in [0.1, 0.15) is 18.1 Å². The number of fused-ring (bicyclic) bond motifs is 1. The van der Waals surface area contributed by atoms with Crippen molar-refractivity contribution in [2.75, 3.05) is 36.3 Å². The second kappa shape index (κ2) is 9.29. The molecule has 1 amide bonds. The molecule has 3 heterocycles. The molecule has 0 aliphatic carbocycles. The minimum Gasteiger partial charge on any atom is -0.379 e. The van der Waals surface area contributed by atoms with Crippen LogP contribution in [0.4, 0.5) is 30.6 Å². The zero-order valence-electron chi connectivity index (χ0n) is 19.1. The summed E-state index contributed by atoms with van der Waals surface area (Å²) >= 11 is 0. The summed E-state index contributed by atoms with van der Waals surface area (Å²) in [6.45, 7) is 2.24. The van der Waals surface area contributed by atoms with Gasteiger partial charge in [0, 0.05) is 39.5 Å². The fourth-order valence-electron chi connectivity index (χ4n) is 3.86. The summed E-state index contributed by atoms with van der Waals surface area (Å²) in [5.74, 6) is -3.15. The Morgan fingerprint density at radius 2 is 1.85 bits per heavy atom. The quantitative estimate of drug-likeness (QED) is 0.526. The van der Waals surface area contributed by atoms with Crippen LogP contribution < -0.4 is 15.1 Å². The minimum absolute atomic E-state index is 0.0771. The van der Waals surface area contributed by atoms with Crippen molar-refractivity contribution in [3.05, 3.63) is 59.3 Å². The van der Waals surface area contributed by atoms with Gasteiger partial charge in [-0.15, -0.1) is 0 Å². The molecule has 0 radical (unpaired) electrons. The topological polar surface area (TPSA) is 88.4 Å². The molecule has 0 saturated heterocycles.